The van der Waals surface area contributed by atoms with Gasteiger partial charge >= 0.3 is 0 Å². The van der Waals surface area contributed by atoms with Gasteiger partial charge in [0, 0.05) is 17.6 Å². The normalized spacial score (nSPS) is 26.8. The molecule has 2 N–H and O–H groups in total. The molecule has 46 heavy (non-hydrogen) atoms. The minimum atomic E-state index is -0.592. The number of rotatable bonds is 12. The molecule has 0 aliphatic heterocycles. The van der Waals surface area contributed by atoms with Crippen LogP contribution in [0, 0.1) is 26.4 Å². The van der Waals surface area contributed by atoms with Crippen LogP contribution >= 0.6 is 0 Å². The fourth-order valence-corrected chi connectivity index (χ4v) is 6.38. The monoisotopic (exact) mass is 629 g/mol. The van der Waals surface area contributed by atoms with Gasteiger partial charge in [-0.3, -0.25) is 14.9 Å². The maximum absolute atomic E-state index is 13.0. The molecule has 0 saturated heterocycles. The quantitative estimate of drug-likeness (QED) is 0.0969. The second-order valence-corrected chi connectivity index (χ2v) is 14.6. The van der Waals surface area contributed by atoms with Crippen LogP contribution in [0.3, 0.4) is 0 Å². The molecule has 3 atom stereocenters. The van der Waals surface area contributed by atoms with Crippen molar-refractivity contribution in [3.8, 4) is 0 Å². The van der Waals surface area contributed by atoms with Gasteiger partial charge in [0.25, 0.3) is 5.70 Å². The van der Waals surface area contributed by atoms with Gasteiger partial charge in [-0.25, -0.2) is 0 Å². The van der Waals surface area contributed by atoms with Gasteiger partial charge in [0.2, 0.25) is 0 Å². The molecule has 0 aromatic heterocycles. The maximum atomic E-state index is 13.0. The number of ketones is 1. The van der Waals surface area contributed by atoms with Crippen molar-refractivity contribution in [1.82, 2.24) is 0 Å². The zero-order valence-corrected chi connectivity index (χ0v) is 29.6. The fraction of sp³-hybridized carbons (Fsp3) is 0.475. The lowest BCUT2D eigenvalue weighted by atomic mass is 9.66. The van der Waals surface area contributed by atoms with E-state index in [0.717, 1.165) is 28.7 Å². The number of nitro groups is 1. The maximum Gasteiger partial charge on any atom is 0.269 e. The van der Waals surface area contributed by atoms with E-state index in [2.05, 4.69) is 32.9 Å². The van der Waals surface area contributed by atoms with Gasteiger partial charge in [-0.2, -0.15) is 0 Å². The Hall–Kier alpha value is -3.61. The van der Waals surface area contributed by atoms with E-state index in [1.807, 2.05) is 84.9 Å². The summed E-state index contributed by atoms with van der Waals surface area (Å²) in [7, 11) is 0. The minimum absolute atomic E-state index is 0.0127. The van der Waals surface area contributed by atoms with E-state index in [9.17, 15) is 25.1 Å². The van der Waals surface area contributed by atoms with Gasteiger partial charge in [0.1, 0.15) is 0 Å². The van der Waals surface area contributed by atoms with Crippen LogP contribution in [0.5, 0.6) is 0 Å². The van der Waals surface area contributed by atoms with Gasteiger partial charge in [-0.1, -0.05) is 118 Å². The number of allylic oxidation sites excluding steroid dienone is 18. The summed E-state index contributed by atoms with van der Waals surface area (Å²) in [5, 5.41) is 31.9. The second kappa shape index (κ2) is 16.3. The summed E-state index contributed by atoms with van der Waals surface area (Å²) in [5.74, 6) is 0.0226. The lowest BCUT2D eigenvalue weighted by molar-refractivity contribution is -0.419. The molecule has 6 nitrogen and oxygen atoms in total. The number of carbonyl (C=O) groups excluding carboxylic acids is 1. The lowest BCUT2D eigenvalue weighted by Gasteiger charge is -2.35. The van der Waals surface area contributed by atoms with Crippen molar-refractivity contribution in [2.75, 3.05) is 0 Å². The van der Waals surface area contributed by atoms with E-state index in [-0.39, 0.29) is 28.4 Å². The zero-order valence-electron chi connectivity index (χ0n) is 29.6. The number of nitrogens with zero attached hydrogens (tertiary/aromatic N) is 1. The molecule has 6 heteroatoms. The highest BCUT2D eigenvalue weighted by molar-refractivity contribution is 5.95. The average Bonchev–Trinajstić information content (AvgIpc) is 3.14. The SMILES string of the molecule is CC1=C(/C=C/C(C)=C/C=C/C(C)=C/C(=C/C=C(C)/C=C/C=C(C)/C=C/C(=O)[C@]2(C)C[C@@H](O)CC2(C)C)[N+](=O)[O-])C(C)(C)C[C@H](O)C1. The minimum Gasteiger partial charge on any atom is -0.393 e. The summed E-state index contributed by atoms with van der Waals surface area (Å²) < 4.78 is 0. The molecule has 0 amide bonds. The highest BCUT2D eigenvalue weighted by atomic mass is 16.6. The molecule has 1 fully saturated rings. The first-order valence-electron chi connectivity index (χ1n) is 16.2. The summed E-state index contributed by atoms with van der Waals surface area (Å²) in [6, 6.07) is 0. The highest BCUT2D eigenvalue weighted by Gasteiger charge is 2.52. The Labute approximate surface area is 276 Å². The summed E-state index contributed by atoms with van der Waals surface area (Å²) in [6.07, 6.45) is 25.4. The Morgan fingerprint density at radius 2 is 1.33 bits per heavy atom. The van der Waals surface area contributed by atoms with Gasteiger partial charge in [-0.05, 0) is 88.4 Å². The first-order chi connectivity index (χ1) is 21.3. The number of aliphatic hydroxyl groups excluding tert-OH is 2. The van der Waals surface area contributed by atoms with Gasteiger partial charge in [0.15, 0.2) is 5.78 Å². The Balaban J connectivity index is 2.05. The average molecular weight is 630 g/mol. The Morgan fingerprint density at radius 1 is 0.761 bits per heavy atom. The Bertz CT molecular complexity index is 1470. The molecule has 2 aliphatic carbocycles. The van der Waals surface area contributed by atoms with Crippen molar-refractivity contribution >= 4 is 5.78 Å². The van der Waals surface area contributed by atoms with Crippen LogP contribution in [0.25, 0.3) is 0 Å². The van der Waals surface area contributed by atoms with E-state index in [1.54, 1.807) is 24.3 Å². The van der Waals surface area contributed by atoms with Crippen molar-refractivity contribution in [1.29, 1.82) is 0 Å². The molecule has 0 bridgehead atoms. The van der Waals surface area contributed by atoms with Crippen LogP contribution in [0.15, 0.2) is 118 Å². The molecule has 0 spiro atoms. The summed E-state index contributed by atoms with van der Waals surface area (Å²) >= 11 is 0. The molecule has 0 aromatic carbocycles. The molecular weight excluding hydrogens is 574 g/mol. The third-order valence-corrected chi connectivity index (χ3v) is 9.45. The third-order valence-electron chi connectivity index (χ3n) is 9.45. The summed E-state index contributed by atoms with van der Waals surface area (Å²) in [4.78, 5) is 24.3. The first kappa shape index (κ1) is 38.6. The van der Waals surface area contributed by atoms with Crippen LogP contribution in [0.4, 0.5) is 0 Å². The van der Waals surface area contributed by atoms with Gasteiger partial charge < -0.3 is 10.2 Å². The second-order valence-electron chi connectivity index (χ2n) is 14.6. The van der Waals surface area contributed by atoms with Crippen LogP contribution in [-0.4, -0.2) is 33.1 Å². The molecule has 0 heterocycles. The van der Waals surface area contributed by atoms with E-state index in [4.69, 9.17) is 0 Å². The number of hydrogen-bond acceptors (Lipinski definition) is 5. The molecule has 1 saturated carbocycles. The van der Waals surface area contributed by atoms with E-state index >= 15 is 0 Å². The third kappa shape index (κ3) is 11.0. The Morgan fingerprint density at radius 3 is 1.87 bits per heavy atom. The molecule has 2 aliphatic rings. The van der Waals surface area contributed by atoms with Crippen LogP contribution in [0.1, 0.15) is 94.9 Å². The number of hydrogen-bond donors (Lipinski definition) is 2. The first-order valence-corrected chi connectivity index (χ1v) is 16.2. The summed E-state index contributed by atoms with van der Waals surface area (Å²) in [5.41, 5.74) is 5.08. The van der Waals surface area contributed by atoms with E-state index < -0.39 is 16.4 Å². The van der Waals surface area contributed by atoms with Crippen molar-refractivity contribution in [2.24, 2.45) is 16.2 Å². The standard InChI is InChI=1S/C40H55NO5/c1-28(13-11-14-30(3)19-22-37(44)40(10)27-35(43)26-39(40,8)9)17-20-33(41(45)46)23-31(4)16-12-15-29(2)18-21-36-32(5)24-34(42)25-38(36,6)7/h11-23,34-35,42-43H,24-27H2,1-10H3/b13-11+,16-12+,21-18+,22-19+,28-17+,29-15+,30-14+,31-23+,33-20-/t34-,35+,40+/m1/s1. The summed E-state index contributed by atoms with van der Waals surface area (Å²) in [6.45, 7) is 20.0. The predicted molar refractivity (Wildman–Crippen MR) is 191 cm³/mol. The smallest absolute Gasteiger partial charge is 0.269 e. The van der Waals surface area contributed by atoms with Crippen LogP contribution in [0.2, 0.25) is 0 Å². The lowest BCUT2D eigenvalue weighted by Crippen LogP contribution is -2.36. The van der Waals surface area contributed by atoms with Crippen molar-refractivity contribution in [3.05, 3.63) is 128 Å². The molecule has 0 unspecified atom stereocenters. The fourth-order valence-electron chi connectivity index (χ4n) is 6.38. The van der Waals surface area contributed by atoms with E-state index in [0.29, 0.717) is 19.3 Å². The molecule has 0 radical (unpaired) electrons. The van der Waals surface area contributed by atoms with Crippen molar-refractivity contribution in [3.63, 3.8) is 0 Å². The molecule has 2 rings (SSSR count). The van der Waals surface area contributed by atoms with Crippen molar-refractivity contribution < 1.29 is 19.9 Å². The number of aliphatic hydroxyl groups is 2. The van der Waals surface area contributed by atoms with Crippen molar-refractivity contribution in [2.45, 2.75) is 107 Å². The number of carbonyl (C=O) groups is 1. The van der Waals surface area contributed by atoms with Gasteiger partial charge in [-0.15, -0.1) is 0 Å². The largest absolute Gasteiger partial charge is 0.393 e. The molecule has 0 aromatic rings. The van der Waals surface area contributed by atoms with E-state index in [1.165, 1.54) is 17.2 Å². The zero-order chi connectivity index (χ0) is 34.9. The predicted octanol–water partition coefficient (Wildman–Crippen LogP) is 9.41. The topological polar surface area (TPSA) is 101 Å². The molecular formula is C40H55NO5. The van der Waals surface area contributed by atoms with Crippen LogP contribution < -0.4 is 0 Å². The molecule has 250 valence electrons. The highest BCUT2D eigenvalue weighted by Crippen LogP contribution is 2.53. The van der Waals surface area contributed by atoms with Gasteiger partial charge in [0.05, 0.1) is 17.1 Å². The van der Waals surface area contributed by atoms with Crippen LogP contribution in [-0.2, 0) is 4.79 Å². The Kier molecular flexibility index (Phi) is 13.7.